The summed E-state index contributed by atoms with van der Waals surface area (Å²) in [7, 11) is 0. The molecule has 0 amide bonds. The summed E-state index contributed by atoms with van der Waals surface area (Å²) < 4.78 is 0. The Morgan fingerprint density at radius 1 is 1.09 bits per heavy atom. The number of benzene rings is 1. The second-order valence-corrected chi connectivity index (χ2v) is 3.12. The molecule has 0 aromatic heterocycles. The third-order valence-electron chi connectivity index (χ3n) is 2.56. The van der Waals surface area contributed by atoms with Crippen LogP contribution in [0.5, 0.6) is 0 Å². The van der Waals surface area contributed by atoms with E-state index in [1.165, 1.54) is 6.42 Å². The van der Waals surface area contributed by atoms with E-state index in [0.29, 0.717) is 0 Å². The second-order valence-electron chi connectivity index (χ2n) is 3.12. The molecule has 2 bridgehead atoms. The monoisotopic (exact) mass is 169 g/mol. The molecule has 1 fully saturated rings. The van der Waals surface area contributed by atoms with Crippen molar-refractivity contribution in [2.45, 2.75) is 18.3 Å². The zero-order valence-electron chi connectivity index (χ0n) is 6.29. The number of hydrogen-bond acceptors (Lipinski definition) is 1. The predicted molar refractivity (Wildman–Crippen MR) is 48.8 cm³/mol. The lowest BCUT2D eigenvalue weighted by Gasteiger charge is -1.90. The lowest BCUT2D eigenvalue weighted by molar-refractivity contribution is 1.11. The maximum Gasteiger partial charge on any atom is -0.00867 e. The van der Waals surface area contributed by atoms with E-state index in [4.69, 9.17) is 0 Å². The molecule has 0 heterocycles. The van der Waals surface area contributed by atoms with Gasteiger partial charge in [0.1, 0.15) is 0 Å². The summed E-state index contributed by atoms with van der Waals surface area (Å²) in [5, 5.41) is 0. The van der Waals surface area contributed by atoms with Crippen LogP contribution in [0, 0.1) is 0 Å². The van der Waals surface area contributed by atoms with Crippen molar-refractivity contribution in [3.05, 3.63) is 35.4 Å². The molecule has 1 saturated carbocycles. The first-order valence-electron chi connectivity index (χ1n) is 3.55. The van der Waals surface area contributed by atoms with Gasteiger partial charge in [-0.1, -0.05) is 24.3 Å². The van der Waals surface area contributed by atoms with E-state index in [9.17, 15) is 0 Å². The first kappa shape index (κ1) is 8.57. The molecule has 3 N–H and O–H groups in total. The van der Waals surface area contributed by atoms with Gasteiger partial charge in [0.2, 0.25) is 0 Å². The highest BCUT2D eigenvalue weighted by atomic mass is 35.5. The molecule has 11 heavy (non-hydrogen) atoms. The van der Waals surface area contributed by atoms with Crippen LogP contribution in [-0.4, -0.2) is 0 Å². The minimum absolute atomic E-state index is 0. The van der Waals surface area contributed by atoms with E-state index < -0.39 is 0 Å². The van der Waals surface area contributed by atoms with Crippen LogP contribution in [0.2, 0.25) is 0 Å². The molecule has 0 spiro atoms. The third-order valence-corrected chi connectivity index (χ3v) is 2.56. The molecule has 2 heteroatoms. The lowest BCUT2D eigenvalue weighted by atomic mass is 10.2. The van der Waals surface area contributed by atoms with Crippen molar-refractivity contribution >= 4 is 12.4 Å². The molecule has 2 unspecified atom stereocenters. The summed E-state index contributed by atoms with van der Waals surface area (Å²) in [6.45, 7) is 0. The van der Waals surface area contributed by atoms with Gasteiger partial charge in [-0.2, -0.15) is 0 Å². The molecule has 0 saturated heterocycles. The van der Waals surface area contributed by atoms with E-state index in [-0.39, 0.29) is 18.6 Å². The normalized spacial score (nSPS) is 28.0. The fraction of sp³-hybridized carbons (Fsp3) is 0.333. The Morgan fingerprint density at radius 3 is 2.09 bits per heavy atom. The average molecular weight is 170 g/mol. The van der Waals surface area contributed by atoms with Gasteiger partial charge in [0.25, 0.3) is 0 Å². The van der Waals surface area contributed by atoms with Gasteiger partial charge in [-0.3, -0.25) is 0 Å². The van der Waals surface area contributed by atoms with Gasteiger partial charge >= 0.3 is 0 Å². The molecule has 2 aliphatic carbocycles. The molecule has 1 aromatic carbocycles. The summed E-state index contributed by atoms with van der Waals surface area (Å²) in [6, 6.07) is 9.03. The third kappa shape index (κ3) is 0.959. The molecule has 3 rings (SSSR count). The molecular weight excluding hydrogens is 158 g/mol. The molecule has 2 atom stereocenters. The number of halogens is 1. The van der Waals surface area contributed by atoms with E-state index in [0.717, 1.165) is 11.8 Å². The van der Waals surface area contributed by atoms with Crippen LogP contribution in [0.3, 0.4) is 0 Å². The van der Waals surface area contributed by atoms with Crippen molar-refractivity contribution in [1.82, 2.24) is 6.15 Å². The van der Waals surface area contributed by atoms with Crippen LogP contribution >= 0.6 is 12.4 Å². The largest absolute Gasteiger partial charge is 0.344 e. The standard InChI is InChI=1S/C9H8.ClH.H3N/c1-2-6-4-7(3-1)9-5-8(6)9;;/h1-4,8-9H,5H2;1H;1H3. The van der Waals surface area contributed by atoms with Crippen LogP contribution in [0.4, 0.5) is 0 Å². The summed E-state index contributed by atoms with van der Waals surface area (Å²) >= 11 is 0. The lowest BCUT2D eigenvalue weighted by Crippen LogP contribution is -1.72. The molecule has 1 aromatic rings. The van der Waals surface area contributed by atoms with Crippen molar-refractivity contribution in [2.24, 2.45) is 0 Å². The fourth-order valence-electron chi connectivity index (χ4n) is 1.95. The van der Waals surface area contributed by atoms with Gasteiger partial charge in [0.05, 0.1) is 0 Å². The average Bonchev–Trinajstić information content (AvgIpc) is 2.62. The minimum atomic E-state index is 0. The zero-order valence-corrected chi connectivity index (χ0v) is 7.10. The van der Waals surface area contributed by atoms with Crippen molar-refractivity contribution in [1.29, 1.82) is 0 Å². The van der Waals surface area contributed by atoms with E-state index in [1.807, 2.05) is 0 Å². The Balaban J connectivity index is 0.000000302. The van der Waals surface area contributed by atoms with Gasteiger partial charge in [0.15, 0.2) is 0 Å². The van der Waals surface area contributed by atoms with Crippen molar-refractivity contribution in [2.75, 3.05) is 0 Å². The van der Waals surface area contributed by atoms with Gasteiger partial charge in [-0.15, -0.1) is 12.4 Å². The topological polar surface area (TPSA) is 35.0 Å². The highest BCUT2D eigenvalue weighted by Gasteiger charge is 2.43. The van der Waals surface area contributed by atoms with Gasteiger partial charge in [-0.25, -0.2) is 0 Å². The highest BCUT2D eigenvalue weighted by Crippen LogP contribution is 2.59. The number of hydrogen-bond donors (Lipinski definition) is 1. The molecule has 60 valence electrons. The van der Waals surface area contributed by atoms with E-state index >= 15 is 0 Å². The van der Waals surface area contributed by atoms with Crippen LogP contribution in [0.25, 0.3) is 0 Å². The van der Waals surface area contributed by atoms with E-state index in [2.05, 4.69) is 24.3 Å². The number of rotatable bonds is 0. The molecule has 2 aliphatic rings. The molecule has 1 nitrogen and oxygen atoms in total. The molecular formula is C9H12ClN. The molecule has 0 radical (unpaired) electrons. The quantitative estimate of drug-likeness (QED) is 0.637. The SMILES string of the molecule is Cl.N.c1cc2cc(c1)C1CC21. The summed E-state index contributed by atoms with van der Waals surface area (Å²) in [6.07, 6.45) is 1.43. The summed E-state index contributed by atoms with van der Waals surface area (Å²) in [5.74, 6) is 1.88. The zero-order chi connectivity index (χ0) is 5.84. The van der Waals surface area contributed by atoms with Gasteiger partial charge < -0.3 is 6.15 Å². The smallest absolute Gasteiger partial charge is 0.00867 e. The first-order valence-corrected chi connectivity index (χ1v) is 3.55. The maximum atomic E-state index is 2.35. The van der Waals surface area contributed by atoms with Crippen molar-refractivity contribution in [3.8, 4) is 0 Å². The highest BCUT2D eigenvalue weighted by molar-refractivity contribution is 5.85. The maximum absolute atomic E-state index is 2.35. The van der Waals surface area contributed by atoms with E-state index in [1.54, 1.807) is 11.1 Å². The Labute approximate surface area is 72.8 Å². The first-order chi connectivity index (χ1) is 4.45. The summed E-state index contributed by atoms with van der Waals surface area (Å²) in [5.41, 5.74) is 3.16. The molecule has 0 aliphatic heterocycles. The Hall–Kier alpha value is -0.530. The Morgan fingerprint density at radius 2 is 1.64 bits per heavy atom. The minimum Gasteiger partial charge on any atom is -0.344 e. The van der Waals surface area contributed by atoms with Gasteiger partial charge in [0, 0.05) is 0 Å². The van der Waals surface area contributed by atoms with Crippen LogP contribution < -0.4 is 6.15 Å². The Kier molecular flexibility index (Phi) is 1.95. The van der Waals surface area contributed by atoms with Crippen molar-refractivity contribution in [3.63, 3.8) is 0 Å². The fourth-order valence-corrected chi connectivity index (χ4v) is 1.95. The van der Waals surface area contributed by atoms with Crippen LogP contribution in [0.1, 0.15) is 29.4 Å². The van der Waals surface area contributed by atoms with Gasteiger partial charge in [-0.05, 0) is 29.4 Å². The Bertz CT molecular complexity index is 249. The summed E-state index contributed by atoms with van der Waals surface area (Å²) in [4.78, 5) is 0. The van der Waals surface area contributed by atoms with Crippen molar-refractivity contribution < 1.29 is 0 Å². The van der Waals surface area contributed by atoms with Crippen LogP contribution in [0.15, 0.2) is 24.3 Å². The van der Waals surface area contributed by atoms with Crippen LogP contribution in [-0.2, 0) is 0 Å². The second kappa shape index (κ2) is 2.50. The number of fused-ring (bicyclic) bond motifs is 5. The predicted octanol–water partition coefficient (Wildman–Crippen LogP) is 2.85.